The van der Waals surface area contributed by atoms with Crippen LogP contribution < -0.4 is 10.6 Å². The second-order valence-corrected chi connectivity index (χ2v) is 7.48. The topological polar surface area (TPSA) is 91.0 Å². The van der Waals surface area contributed by atoms with Crippen LogP contribution >= 0.6 is 0 Å². The van der Waals surface area contributed by atoms with E-state index in [9.17, 15) is 14.4 Å². The predicted molar refractivity (Wildman–Crippen MR) is 107 cm³/mol. The van der Waals surface area contributed by atoms with Crippen LogP contribution in [-0.4, -0.2) is 67.0 Å². The Kier molecular flexibility index (Phi) is 5.35. The molecular formula is C21H24N4O4. The van der Waals surface area contributed by atoms with Crippen LogP contribution in [0.2, 0.25) is 0 Å². The molecule has 0 aliphatic carbocycles. The smallest absolute Gasteiger partial charge is 0.326 e. The molecule has 2 saturated heterocycles. The van der Waals surface area contributed by atoms with Gasteiger partial charge in [0.05, 0.1) is 0 Å². The Morgan fingerprint density at radius 2 is 2.03 bits per heavy atom. The summed E-state index contributed by atoms with van der Waals surface area (Å²) < 4.78 is 5.93. The van der Waals surface area contributed by atoms with Crippen LogP contribution in [0.25, 0.3) is 5.76 Å². The highest BCUT2D eigenvalue weighted by molar-refractivity contribution is 6.11. The fraction of sp³-hybridized carbons (Fsp3) is 0.381. The quantitative estimate of drug-likeness (QED) is 0.594. The third kappa shape index (κ3) is 4.32. The molecule has 29 heavy (non-hydrogen) atoms. The van der Waals surface area contributed by atoms with E-state index in [0.29, 0.717) is 17.7 Å². The standard InChI is InChI=1S/C21H24N4O4/c1-24-8-3-9-25(11-10-24)20(27)15-5-2-4-14(12-15)18-7-6-16(29-18)13-17-19(26)23-21(28)22-17/h2,4-5,7,12-13,16H,3,6,8-11H2,1H3,(H2,22,23,26,28)/b17-13-. The molecule has 3 aliphatic rings. The molecule has 0 saturated carbocycles. The molecule has 0 aromatic heterocycles. The summed E-state index contributed by atoms with van der Waals surface area (Å²) in [6, 6.07) is 6.90. The molecule has 2 fully saturated rings. The van der Waals surface area contributed by atoms with Crippen molar-refractivity contribution in [2.75, 3.05) is 33.2 Å². The van der Waals surface area contributed by atoms with Crippen molar-refractivity contribution in [3.8, 4) is 0 Å². The molecule has 1 unspecified atom stereocenters. The molecule has 1 atom stereocenters. The zero-order chi connectivity index (χ0) is 20.4. The van der Waals surface area contributed by atoms with E-state index in [4.69, 9.17) is 4.74 Å². The van der Waals surface area contributed by atoms with E-state index in [-0.39, 0.29) is 17.7 Å². The summed E-state index contributed by atoms with van der Waals surface area (Å²) in [5.41, 5.74) is 1.66. The van der Waals surface area contributed by atoms with Gasteiger partial charge in [0.25, 0.3) is 11.8 Å². The maximum atomic E-state index is 12.9. The first-order valence-corrected chi connectivity index (χ1v) is 9.79. The van der Waals surface area contributed by atoms with E-state index < -0.39 is 11.9 Å². The van der Waals surface area contributed by atoms with Gasteiger partial charge in [-0.15, -0.1) is 0 Å². The zero-order valence-corrected chi connectivity index (χ0v) is 16.3. The van der Waals surface area contributed by atoms with Gasteiger partial charge in [-0.05, 0) is 44.3 Å². The van der Waals surface area contributed by atoms with Crippen LogP contribution in [0.4, 0.5) is 4.79 Å². The van der Waals surface area contributed by atoms with Crippen molar-refractivity contribution in [3.63, 3.8) is 0 Å². The molecule has 3 heterocycles. The molecular weight excluding hydrogens is 372 g/mol. The number of ether oxygens (including phenoxy) is 1. The molecule has 3 aliphatic heterocycles. The fourth-order valence-corrected chi connectivity index (χ4v) is 3.69. The summed E-state index contributed by atoms with van der Waals surface area (Å²) in [5.74, 6) is 0.245. The lowest BCUT2D eigenvalue weighted by molar-refractivity contribution is -0.115. The summed E-state index contributed by atoms with van der Waals surface area (Å²) in [4.78, 5) is 40.0. The van der Waals surface area contributed by atoms with E-state index >= 15 is 0 Å². The summed E-state index contributed by atoms with van der Waals surface area (Å²) in [6.07, 6.45) is 4.74. The number of benzene rings is 1. The van der Waals surface area contributed by atoms with E-state index in [0.717, 1.165) is 38.2 Å². The Morgan fingerprint density at radius 3 is 2.83 bits per heavy atom. The van der Waals surface area contributed by atoms with Crippen molar-refractivity contribution in [2.45, 2.75) is 18.9 Å². The predicted octanol–water partition coefficient (Wildman–Crippen LogP) is 1.32. The zero-order valence-electron chi connectivity index (χ0n) is 16.3. The van der Waals surface area contributed by atoms with E-state index in [1.807, 2.05) is 35.2 Å². The first-order chi connectivity index (χ1) is 14.0. The number of urea groups is 1. The van der Waals surface area contributed by atoms with Crippen LogP contribution in [0.3, 0.4) is 0 Å². The highest BCUT2D eigenvalue weighted by atomic mass is 16.5. The van der Waals surface area contributed by atoms with Gasteiger partial charge in [0, 0.05) is 37.2 Å². The SMILES string of the molecule is CN1CCCN(C(=O)c2cccc(C3=CCC(/C=C4\NC(=O)NC4=O)O3)c2)CC1. The van der Waals surface area contributed by atoms with E-state index in [2.05, 4.69) is 22.6 Å². The van der Waals surface area contributed by atoms with Gasteiger partial charge in [-0.2, -0.15) is 0 Å². The van der Waals surface area contributed by atoms with E-state index in [1.54, 1.807) is 6.08 Å². The van der Waals surface area contributed by atoms with Crippen LogP contribution in [0, 0.1) is 0 Å². The normalized spacial score (nSPS) is 24.0. The summed E-state index contributed by atoms with van der Waals surface area (Å²) in [6.45, 7) is 3.36. The third-order valence-corrected chi connectivity index (χ3v) is 5.29. The Labute approximate surface area is 169 Å². The van der Waals surface area contributed by atoms with Crippen molar-refractivity contribution < 1.29 is 19.1 Å². The third-order valence-electron chi connectivity index (χ3n) is 5.29. The van der Waals surface area contributed by atoms with Crippen LogP contribution in [0.5, 0.6) is 0 Å². The average Bonchev–Trinajstić information content (AvgIpc) is 3.23. The van der Waals surface area contributed by atoms with Crippen LogP contribution in [-0.2, 0) is 9.53 Å². The van der Waals surface area contributed by atoms with Crippen molar-refractivity contribution in [1.29, 1.82) is 0 Å². The molecule has 1 aromatic carbocycles. The number of likely N-dealkylation sites (N-methyl/N-ethyl adjacent to an activating group) is 1. The molecule has 8 nitrogen and oxygen atoms in total. The largest absolute Gasteiger partial charge is 0.486 e. The van der Waals surface area contributed by atoms with Gasteiger partial charge in [-0.3, -0.25) is 14.9 Å². The Hall–Kier alpha value is -3.13. The monoisotopic (exact) mass is 396 g/mol. The lowest BCUT2D eigenvalue weighted by atomic mass is 10.1. The number of rotatable bonds is 3. The average molecular weight is 396 g/mol. The molecule has 4 amide bonds. The first-order valence-electron chi connectivity index (χ1n) is 9.79. The van der Waals surface area contributed by atoms with Gasteiger partial charge in [-0.25, -0.2) is 4.79 Å². The molecule has 8 heteroatoms. The van der Waals surface area contributed by atoms with Crippen molar-refractivity contribution in [3.05, 3.63) is 53.2 Å². The Bertz CT molecular complexity index is 908. The highest BCUT2D eigenvalue weighted by Gasteiger charge is 2.27. The second-order valence-electron chi connectivity index (χ2n) is 7.48. The minimum absolute atomic E-state index is 0.0322. The highest BCUT2D eigenvalue weighted by Crippen LogP contribution is 2.28. The number of hydrogen-bond donors (Lipinski definition) is 2. The minimum Gasteiger partial charge on any atom is -0.486 e. The molecule has 0 radical (unpaired) electrons. The van der Waals surface area contributed by atoms with Crippen LogP contribution in [0.1, 0.15) is 28.8 Å². The van der Waals surface area contributed by atoms with Crippen molar-refractivity contribution >= 4 is 23.6 Å². The van der Waals surface area contributed by atoms with Gasteiger partial charge >= 0.3 is 6.03 Å². The molecule has 2 N–H and O–H groups in total. The number of amides is 4. The maximum absolute atomic E-state index is 12.9. The van der Waals surface area contributed by atoms with Gasteiger partial charge in [0.15, 0.2) is 0 Å². The first kappa shape index (κ1) is 19.2. The number of imide groups is 1. The van der Waals surface area contributed by atoms with Gasteiger partial charge in [0.1, 0.15) is 17.6 Å². The lowest BCUT2D eigenvalue weighted by Crippen LogP contribution is -2.34. The number of hydrogen-bond acceptors (Lipinski definition) is 5. The minimum atomic E-state index is -0.529. The fourth-order valence-electron chi connectivity index (χ4n) is 3.69. The maximum Gasteiger partial charge on any atom is 0.326 e. The van der Waals surface area contributed by atoms with Crippen LogP contribution in [0.15, 0.2) is 42.1 Å². The Morgan fingerprint density at radius 1 is 1.17 bits per heavy atom. The van der Waals surface area contributed by atoms with Gasteiger partial charge < -0.3 is 19.9 Å². The van der Waals surface area contributed by atoms with Crippen molar-refractivity contribution in [2.24, 2.45) is 0 Å². The molecule has 152 valence electrons. The summed E-state index contributed by atoms with van der Waals surface area (Å²) in [7, 11) is 2.07. The van der Waals surface area contributed by atoms with Gasteiger partial charge in [-0.1, -0.05) is 12.1 Å². The molecule has 0 bridgehead atoms. The molecule has 1 aromatic rings. The molecule has 4 rings (SSSR count). The molecule has 0 spiro atoms. The van der Waals surface area contributed by atoms with Gasteiger partial charge in [0.2, 0.25) is 0 Å². The van der Waals surface area contributed by atoms with Crippen molar-refractivity contribution in [1.82, 2.24) is 20.4 Å². The Balaban J connectivity index is 1.44. The number of nitrogens with zero attached hydrogens (tertiary/aromatic N) is 2. The summed E-state index contributed by atoms with van der Waals surface area (Å²) in [5, 5.41) is 4.63. The number of nitrogens with one attached hydrogen (secondary N) is 2. The van der Waals surface area contributed by atoms with E-state index in [1.165, 1.54) is 0 Å². The number of carbonyl (C=O) groups is 3. The number of carbonyl (C=O) groups excluding carboxylic acids is 3. The second kappa shape index (κ2) is 8.08. The lowest BCUT2D eigenvalue weighted by Gasteiger charge is -2.21. The summed E-state index contributed by atoms with van der Waals surface area (Å²) >= 11 is 0.